The topological polar surface area (TPSA) is 72.8 Å². The van der Waals surface area contributed by atoms with Crippen molar-refractivity contribution in [1.82, 2.24) is 0 Å². The van der Waals surface area contributed by atoms with Crippen molar-refractivity contribution in [3.8, 4) is 11.1 Å². The van der Waals surface area contributed by atoms with Gasteiger partial charge in [-0.15, -0.1) is 0 Å². The lowest BCUT2D eigenvalue weighted by molar-refractivity contribution is -0.194. The molecule has 5 nitrogen and oxygen atoms in total. The molecule has 0 bridgehead atoms. The number of hydrogen-bond donors (Lipinski definition) is 1. The van der Waals surface area contributed by atoms with Gasteiger partial charge in [0.15, 0.2) is 0 Å². The minimum atomic E-state index is -0.962. The molecule has 5 heteroatoms. The number of esters is 1. The molecule has 1 aliphatic heterocycles. The summed E-state index contributed by atoms with van der Waals surface area (Å²) >= 11 is 0. The summed E-state index contributed by atoms with van der Waals surface area (Å²) in [6.07, 6.45) is 2.39. The smallest absolute Gasteiger partial charge is 0.328 e. The van der Waals surface area contributed by atoms with Crippen LogP contribution in [0.2, 0.25) is 0 Å². The first kappa shape index (κ1) is 30.8. The van der Waals surface area contributed by atoms with Crippen LogP contribution in [0.1, 0.15) is 41.2 Å². The third-order valence-corrected chi connectivity index (χ3v) is 8.68. The molecule has 6 rings (SSSR count). The molecule has 0 amide bonds. The largest absolute Gasteiger partial charge is 0.478 e. The highest BCUT2D eigenvalue weighted by Crippen LogP contribution is 2.42. The summed E-state index contributed by atoms with van der Waals surface area (Å²) in [5, 5.41) is 9.15. The number of carbonyl (C=O) groups excluding carboxylic acids is 1. The fraction of sp³-hybridized carbons (Fsp3) is 0.171. The molecular formula is C41H36O5. The van der Waals surface area contributed by atoms with Crippen LogP contribution in [0.3, 0.4) is 0 Å². The van der Waals surface area contributed by atoms with Crippen LogP contribution in [-0.4, -0.2) is 29.8 Å². The molecule has 0 radical (unpaired) electrons. The number of allylic oxidation sites excluding steroid dienone is 1. The number of hydrogen-bond acceptors (Lipinski definition) is 4. The molecule has 0 aliphatic carbocycles. The van der Waals surface area contributed by atoms with Crippen LogP contribution in [0.15, 0.2) is 146 Å². The molecule has 1 heterocycles. The Kier molecular flexibility index (Phi) is 9.23. The van der Waals surface area contributed by atoms with Crippen LogP contribution in [0.25, 0.3) is 16.7 Å². The Labute approximate surface area is 269 Å². The Morgan fingerprint density at radius 2 is 1.30 bits per heavy atom. The summed E-state index contributed by atoms with van der Waals surface area (Å²) in [4.78, 5) is 24.0. The molecule has 230 valence electrons. The minimum Gasteiger partial charge on any atom is -0.478 e. The zero-order valence-corrected chi connectivity index (χ0v) is 25.7. The Morgan fingerprint density at radius 3 is 1.85 bits per heavy atom. The fourth-order valence-corrected chi connectivity index (χ4v) is 6.24. The van der Waals surface area contributed by atoms with Crippen molar-refractivity contribution in [2.75, 3.05) is 6.61 Å². The van der Waals surface area contributed by atoms with Gasteiger partial charge in [0.25, 0.3) is 0 Å². The molecule has 2 atom stereocenters. The number of carbonyl (C=O) groups is 2. The van der Waals surface area contributed by atoms with E-state index in [0.717, 1.165) is 45.4 Å². The highest BCUT2D eigenvalue weighted by molar-refractivity contribution is 5.90. The number of carboxylic acid groups (broad SMARTS) is 1. The van der Waals surface area contributed by atoms with E-state index in [1.807, 2.05) is 84.9 Å². The first-order valence-electron chi connectivity index (χ1n) is 15.6. The molecule has 1 aliphatic rings. The monoisotopic (exact) mass is 608 g/mol. The van der Waals surface area contributed by atoms with Gasteiger partial charge in [0.05, 0.1) is 6.61 Å². The molecule has 1 N–H and O–H groups in total. The standard InChI is InChI=1S/C41H36O5/c1-29(25-39(42)43)31-14-12-16-33(27-31)32-15-11-13-30(26-32)23-24-38-37(40(44)46-38)28-45-41(34-17-5-2-6-18-34,35-19-7-3-8-20-35)36-21-9-4-10-22-36/h2-22,25-27,37-38H,23-24,28H2,1H3,(H,42,43)/b29-25+/t37-,38-/m1/s1. The van der Waals surface area contributed by atoms with E-state index < -0.39 is 11.6 Å². The average Bonchev–Trinajstić information content (AvgIpc) is 3.09. The van der Waals surface area contributed by atoms with Gasteiger partial charge in [0.1, 0.15) is 17.6 Å². The average molecular weight is 609 g/mol. The molecule has 5 aromatic carbocycles. The fourth-order valence-electron chi connectivity index (χ4n) is 6.24. The molecule has 0 saturated carbocycles. The van der Waals surface area contributed by atoms with Crippen molar-refractivity contribution in [3.63, 3.8) is 0 Å². The van der Waals surface area contributed by atoms with Crippen LogP contribution >= 0.6 is 0 Å². The van der Waals surface area contributed by atoms with Crippen molar-refractivity contribution in [2.24, 2.45) is 5.92 Å². The summed E-state index contributed by atoms with van der Waals surface area (Å²) in [6, 6.07) is 46.7. The predicted octanol–water partition coefficient (Wildman–Crippen LogP) is 8.32. The first-order valence-corrected chi connectivity index (χ1v) is 15.6. The summed E-state index contributed by atoms with van der Waals surface area (Å²) in [6.45, 7) is 2.02. The molecule has 5 aromatic rings. The Morgan fingerprint density at radius 1 is 0.761 bits per heavy atom. The number of benzene rings is 5. The highest BCUT2D eigenvalue weighted by Gasteiger charge is 2.45. The maximum absolute atomic E-state index is 12.8. The van der Waals surface area contributed by atoms with E-state index in [1.54, 1.807) is 6.92 Å². The van der Waals surface area contributed by atoms with Crippen LogP contribution in [0.5, 0.6) is 0 Å². The van der Waals surface area contributed by atoms with Crippen LogP contribution in [0.4, 0.5) is 0 Å². The van der Waals surface area contributed by atoms with Gasteiger partial charge in [-0.05, 0) is 70.3 Å². The van der Waals surface area contributed by atoms with Crippen molar-refractivity contribution in [3.05, 3.63) is 173 Å². The predicted molar refractivity (Wildman–Crippen MR) is 180 cm³/mol. The van der Waals surface area contributed by atoms with Gasteiger partial charge in [0, 0.05) is 6.08 Å². The number of aliphatic carboxylic acids is 1. The maximum atomic E-state index is 12.8. The van der Waals surface area contributed by atoms with Crippen molar-refractivity contribution in [2.45, 2.75) is 31.5 Å². The van der Waals surface area contributed by atoms with Gasteiger partial charge in [-0.25, -0.2) is 4.79 Å². The summed E-state index contributed by atoms with van der Waals surface area (Å²) in [5.41, 5.74) is 6.84. The SMILES string of the molecule is C/C(=C\C(=O)O)c1cccc(-c2cccc(CC[C@H]3OC(=O)[C@@H]3COC(c3ccccc3)(c3ccccc3)c3ccccc3)c2)c1. The lowest BCUT2D eigenvalue weighted by atomic mass is 9.79. The Bertz CT molecular complexity index is 1730. The Hall–Kier alpha value is -5.26. The summed E-state index contributed by atoms with van der Waals surface area (Å²) < 4.78 is 12.6. The van der Waals surface area contributed by atoms with Crippen LogP contribution in [-0.2, 0) is 31.1 Å². The van der Waals surface area contributed by atoms with Crippen molar-refractivity contribution >= 4 is 17.5 Å². The van der Waals surface area contributed by atoms with Gasteiger partial charge in [-0.2, -0.15) is 0 Å². The maximum Gasteiger partial charge on any atom is 0.328 e. The van der Waals surface area contributed by atoms with E-state index in [-0.39, 0.29) is 24.6 Å². The number of cyclic esters (lactones) is 1. The van der Waals surface area contributed by atoms with Crippen LogP contribution < -0.4 is 0 Å². The van der Waals surface area contributed by atoms with E-state index in [0.29, 0.717) is 12.0 Å². The van der Waals surface area contributed by atoms with E-state index in [1.165, 1.54) is 6.08 Å². The van der Waals surface area contributed by atoms with Crippen molar-refractivity contribution in [1.29, 1.82) is 0 Å². The molecule has 46 heavy (non-hydrogen) atoms. The number of ether oxygens (including phenoxy) is 2. The third kappa shape index (κ3) is 6.56. The zero-order valence-electron chi connectivity index (χ0n) is 25.7. The lowest BCUT2D eigenvalue weighted by Crippen LogP contribution is -2.49. The first-order chi connectivity index (χ1) is 22.4. The van der Waals surface area contributed by atoms with Gasteiger partial charge in [-0.1, -0.05) is 133 Å². The minimum absolute atomic E-state index is 0.220. The summed E-state index contributed by atoms with van der Waals surface area (Å²) in [5.74, 6) is -1.57. The number of rotatable bonds is 12. The van der Waals surface area contributed by atoms with Gasteiger partial charge >= 0.3 is 11.9 Å². The van der Waals surface area contributed by atoms with Crippen molar-refractivity contribution < 1.29 is 24.2 Å². The molecular weight excluding hydrogens is 572 g/mol. The molecule has 0 spiro atoms. The second-order valence-electron chi connectivity index (χ2n) is 11.7. The zero-order chi connectivity index (χ0) is 31.9. The quantitative estimate of drug-likeness (QED) is 0.0876. The van der Waals surface area contributed by atoms with Gasteiger partial charge in [0.2, 0.25) is 0 Å². The highest BCUT2D eigenvalue weighted by atomic mass is 16.6. The number of carboxylic acids is 1. The van der Waals surface area contributed by atoms with E-state index >= 15 is 0 Å². The second-order valence-corrected chi connectivity index (χ2v) is 11.7. The van der Waals surface area contributed by atoms with Crippen LogP contribution in [0, 0.1) is 5.92 Å². The van der Waals surface area contributed by atoms with E-state index in [9.17, 15) is 9.59 Å². The van der Waals surface area contributed by atoms with E-state index in [2.05, 4.69) is 54.6 Å². The molecule has 0 unspecified atom stereocenters. The third-order valence-electron chi connectivity index (χ3n) is 8.68. The van der Waals surface area contributed by atoms with E-state index in [4.69, 9.17) is 14.6 Å². The lowest BCUT2D eigenvalue weighted by Gasteiger charge is -2.40. The molecule has 1 saturated heterocycles. The molecule has 0 aromatic heterocycles. The van der Waals surface area contributed by atoms with Gasteiger partial charge in [-0.3, -0.25) is 4.79 Å². The molecule has 1 fully saturated rings. The normalized spacial score (nSPS) is 16.4. The second kappa shape index (κ2) is 13.8. The van der Waals surface area contributed by atoms with Gasteiger partial charge < -0.3 is 14.6 Å². The summed E-state index contributed by atoms with van der Waals surface area (Å²) in [7, 11) is 0. The Balaban J connectivity index is 1.20. The number of aryl methyl sites for hydroxylation is 1.